The molecule has 0 spiro atoms. The second kappa shape index (κ2) is 10.1. The minimum atomic E-state index is -3.68. The topological polar surface area (TPSA) is 88.2 Å². The normalized spacial score (nSPS) is 11.5. The highest BCUT2D eigenvalue weighted by Gasteiger charge is 2.16. The predicted octanol–water partition coefficient (Wildman–Crippen LogP) is 3.74. The van der Waals surface area contributed by atoms with E-state index in [1.165, 1.54) is 23.5 Å². The van der Waals surface area contributed by atoms with Gasteiger partial charge in [-0.2, -0.15) is 0 Å². The third-order valence-corrected chi connectivity index (χ3v) is 7.49. The third kappa shape index (κ3) is 6.46. The third-order valence-electron chi connectivity index (χ3n) is 4.19. The van der Waals surface area contributed by atoms with Crippen LogP contribution in [-0.4, -0.2) is 25.9 Å². The molecular formula is C20H23N3O3S3. The molecule has 3 aromatic rings. The number of nitrogens with one attached hydrogen (secondary N) is 2. The Morgan fingerprint density at radius 2 is 2.00 bits per heavy atom. The Bertz CT molecular complexity index is 1040. The van der Waals surface area contributed by atoms with Crippen LogP contribution < -0.4 is 10.0 Å². The minimum absolute atomic E-state index is 0.0841. The van der Waals surface area contributed by atoms with Gasteiger partial charge in [0.2, 0.25) is 10.0 Å². The molecule has 29 heavy (non-hydrogen) atoms. The summed E-state index contributed by atoms with van der Waals surface area (Å²) in [5.41, 5.74) is 1.37. The van der Waals surface area contributed by atoms with Crippen molar-refractivity contribution in [3.05, 3.63) is 68.3 Å². The minimum Gasteiger partial charge on any atom is -0.352 e. The number of nitrogens with zero attached hydrogens (tertiary/aromatic N) is 1. The summed E-state index contributed by atoms with van der Waals surface area (Å²) in [7, 11) is -3.68. The van der Waals surface area contributed by atoms with E-state index in [1.54, 1.807) is 23.5 Å². The Hall–Kier alpha value is -2.07. The molecule has 0 fully saturated rings. The molecule has 3 rings (SSSR count). The smallest absolute Gasteiger partial charge is 0.251 e. The van der Waals surface area contributed by atoms with Gasteiger partial charge in [0.05, 0.1) is 9.90 Å². The van der Waals surface area contributed by atoms with E-state index in [9.17, 15) is 13.2 Å². The zero-order valence-electron chi connectivity index (χ0n) is 16.1. The molecule has 0 unspecified atom stereocenters. The van der Waals surface area contributed by atoms with E-state index in [4.69, 9.17) is 0 Å². The van der Waals surface area contributed by atoms with Crippen LogP contribution in [0.5, 0.6) is 0 Å². The summed E-state index contributed by atoms with van der Waals surface area (Å²) in [4.78, 5) is 17.8. The lowest BCUT2D eigenvalue weighted by Crippen LogP contribution is -2.26. The number of thiazole rings is 1. The molecule has 0 aliphatic carbocycles. The van der Waals surface area contributed by atoms with Crippen LogP contribution in [0.25, 0.3) is 0 Å². The number of unbranched alkanes of at least 4 members (excludes halogenated alkanes) is 1. The fraction of sp³-hybridized carbons (Fsp3) is 0.300. The molecule has 1 aromatic carbocycles. The first-order valence-corrected chi connectivity index (χ1v) is 12.5. The highest BCUT2D eigenvalue weighted by molar-refractivity contribution is 7.89. The van der Waals surface area contributed by atoms with Crippen molar-refractivity contribution < 1.29 is 13.2 Å². The predicted molar refractivity (Wildman–Crippen MR) is 117 cm³/mol. The molecule has 0 saturated carbocycles. The molecule has 9 heteroatoms. The first kappa shape index (κ1) is 21.6. The summed E-state index contributed by atoms with van der Waals surface area (Å²) in [6.45, 7) is 2.75. The number of sulfonamides is 1. The van der Waals surface area contributed by atoms with Crippen LogP contribution in [-0.2, 0) is 23.0 Å². The van der Waals surface area contributed by atoms with Crippen molar-refractivity contribution in [2.75, 3.05) is 6.54 Å². The Labute approximate surface area is 179 Å². The highest BCUT2D eigenvalue weighted by atomic mass is 32.2. The lowest BCUT2D eigenvalue weighted by Gasteiger charge is -2.09. The molecular weight excluding hydrogens is 426 g/mol. The number of thiophene rings is 1. The fourth-order valence-electron chi connectivity index (χ4n) is 2.69. The Morgan fingerprint density at radius 1 is 1.14 bits per heavy atom. The van der Waals surface area contributed by atoms with E-state index >= 15 is 0 Å². The van der Waals surface area contributed by atoms with Gasteiger partial charge in [0, 0.05) is 34.6 Å². The van der Waals surface area contributed by atoms with Gasteiger partial charge in [-0.25, -0.2) is 18.1 Å². The van der Waals surface area contributed by atoms with Gasteiger partial charge in [0.15, 0.2) is 0 Å². The van der Waals surface area contributed by atoms with Crippen molar-refractivity contribution in [3.63, 3.8) is 0 Å². The van der Waals surface area contributed by atoms with Crippen LogP contribution in [0, 0.1) is 6.92 Å². The van der Waals surface area contributed by atoms with Gasteiger partial charge in [-0.1, -0.05) is 12.1 Å². The summed E-state index contributed by atoms with van der Waals surface area (Å²) >= 11 is 3.14. The number of carbonyl (C=O) groups excluding carboxylic acids is 1. The van der Waals surface area contributed by atoms with Crippen LogP contribution in [0.1, 0.15) is 38.8 Å². The quantitative estimate of drug-likeness (QED) is 0.462. The standard InChI is InChI=1S/C20H23N3O3S3/c1-15-14-28-19(23-15)9-2-3-10-21-20(24)16-6-4-8-18(12-16)29(25,26)22-13-17-7-5-11-27-17/h4-8,11-12,14,22H,2-3,9-10,13H2,1H3,(H,21,24). The Kier molecular flexibility index (Phi) is 7.54. The molecule has 0 aliphatic rings. The van der Waals surface area contributed by atoms with Gasteiger partial charge in [-0.05, 0) is 55.8 Å². The molecule has 0 aliphatic heterocycles. The van der Waals surface area contributed by atoms with Crippen molar-refractivity contribution in [1.29, 1.82) is 0 Å². The fourth-order valence-corrected chi connectivity index (χ4v) is 5.30. The van der Waals surface area contributed by atoms with E-state index in [2.05, 4.69) is 15.0 Å². The first-order valence-electron chi connectivity index (χ1n) is 9.25. The van der Waals surface area contributed by atoms with Crippen LogP contribution >= 0.6 is 22.7 Å². The number of amides is 1. The second-order valence-electron chi connectivity index (χ2n) is 6.53. The molecule has 2 heterocycles. The molecule has 6 nitrogen and oxygen atoms in total. The molecule has 0 radical (unpaired) electrons. The van der Waals surface area contributed by atoms with Crippen LogP contribution in [0.3, 0.4) is 0 Å². The summed E-state index contributed by atoms with van der Waals surface area (Å²) in [5.74, 6) is -0.273. The average molecular weight is 450 g/mol. The van der Waals surface area contributed by atoms with E-state index in [-0.39, 0.29) is 17.3 Å². The molecule has 1 amide bonds. The van der Waals surface area contributed by atoms with Crippen molar-refractivity contribution in [2.45, 2.75) is 37.6 Å². The maximum Gasteiger partial charge on any atom is 0.251 e. The number of rotatable bonds is 10. The van der Waals surface area contributed by atoms with E-state index in [0.717, 1.165) is 34.8 Å². The lowest BCUT2D eigenvalue weighted by atomic mass is 10.2. The van der Waals surface area contributed by atoms with Gasteiger partial charge in [-0.15, -0.1) is 22.7 Å². The second-order valence-corrected chi connectivity index (χ2v) is 10.3. The maximum absolute atomic E-state index is 12.5. The van der Waals surface area contributed by atoms with Gasteiger partial charge in [0.1, 0.15) is 0 Å². The van der Waals surface area contributed by atoms with Crippen molar-refractivity contribution in [2.24, 2.45) is 0 Å². The number of hydrogen-bond donors (Lipinski definition) is 2. The van der Waals surface area contributed by atoms with Crippen molar-refractivity contribution >= 4 is 38.6 Å². The largest absolute Gasteiger partial charge is 0.352 e. The van der Waals surface area contributed by atoms with E-state index in [0.29, 0.717) is 12.1 Å². The van der Waals surface area contributed by atoms with Crippen LogP contribution in [0.2, 0.25) is 0 Å². The number of hydrogen-bond acceptors (Lipinski definition) is 6. The molecule has 0 bridgehead atoms. The molecule has 2 N–H and O–H groups in total. The average Bonchev–Trinajstić information content (AvgIpc) is 3.38. The number of aryl methyl sites for hydroxylation is 2. The SMILES string of the molecule is Cc1csc(CCCCNC(=O)c2cccc(S(=O)(=O)NCc3cccs3)c2)n1. The molecule has 0 saturated heterocycles. The zero-order valence-corrected chi connectivity index (χ0v) is 18.5. The van der Waals surface area contributed by atoms with Crippen molar-refractivity contribution in [3.8, 4) is 0 Å². The highest BCUT2D eigenvalue weighted by Crippen LogP contribution is 2.14. The summed E-state index contributed by atoms with van der Waals surface area (Å²) in [6.07, 6.45) is 2.68. The molecule has 0 atom stereocenters. The first-order chi connectivity index (χ1) is 13.9. The Morgan fingerprint density at radius 3 is 2.72 bits per heavy atom. The maximum atomic E-state index is 12.5. The van der Waals surface area contributed by atoms with E-state index < -0.39 is 10.0 Å². The van der Waals surface area contributed by atoms with Gasteiger partial charge >= 0.3 is 0 Å². The Balaban J connectivity index is 1.49. The lowest BCUT2D eigenvalue weighted by molar-refractivity contribution is 0.0953. The van der Waals surface area contributed by atoms with Gasteiger partial charge in [-0.3, -0.25) is 4.79 Å². The number of aromatic nitrogens is 1. The van der Waals surface area contributed by atoms with Gasteiger partial charge < -0.3 is 5.32 Å². The van der Waals surface area contributed by atoms with Crippen LogP contribution in [0.4, 0.5) is 0 Å². The molecule has 154 valence electrons. The number of benzene rings is 1. The van der Waals surface area contributed by atoms with Gasteiger partial charge in [0.25, 0.3) is 5.91 Å². The summed E-state index contributed by atoms with van der Waals surface area (Å²) < 4.78 is 27.6. The van der Waals surface area contributed by atoms with E-state index in [1.807, 2.05) is 29.8 Å². The van der Waals surface area contributed by atoms with Crippen molar-refractivity contribution in [1.82, 2.24) is 15.0 Å². The number of carbonyl (C=O) groups is 1. The monoisotopic (exact) mass is 449 g/mol. The molecule has 2 aromatic heterocycles. The summed E-state index contributed by atoms with van der Waals surface area (Å²) in [6, 6.07) is 9.84. The van der Waals surface area contributed by atoms with Crippen LogP contribution in [0.15, 0.2) is 52.1 Å². The zero-order chi connectivity index (χ0) is 20.7. The summed E-state index contributed by atoms with van der Waals surface area (Å²) in [5, 5.41) is 7.90.